The van der Waals surface area contributed by atoms with Gasteiger partial charge in [-0.25, -0.2) is 14.2 Å². The first-order chi connectivity index (χ1) is 13.0. The number of hydrogen-bond donors (Lipinski definition) is 3. The van der Waals surface area contributed by atoms with Crippen LogP contribution in [0.15, 0.2) is 52.0 Å². The van der Waals surface area contributed by atoms with Gasteiger partial charge in [0.15, 0.2) is 0 Å². The molecule has 27 heavy (non-hydrogen) atoms. The van der Waals surface area contributed by atoms with E-state index in [-0.39, 0.29) is 17.9 Å². The first-order valence-corrected chi connectivity index (χ1v) is 8.27. The molecule has 8 nitrogen and oxygen atoms in total. The second-order valence-corrected chi connectivity index (χ2v) is 5.96. The summed E-state index contributed by atoms with van der Waals surface area (Å²) in [4.78, 5) is 32.1. The Morgan fingerprint density at radius 2 is 2.26 bits per heavy atom. The zero-order valence-corrected chi connectivity index (χ0v) is 14.3. The maximum atomic E-state index is 13.6. The summed E-state index contributed by atoms with van der Waals surface area (Å²) in [5.41, 5.74) is 5.95. The molecular formula is C18H18FN5O3. The van der Waals surface area contributed by atoms with E-state index in [1.807, 2.05) is 0 Å². The Labute approximate surface area is 153 Å². The number of fused-ring (bicyclic) bond motifs is 1. The first-order valence-electron chi connectivity index (χ1n) is 8.27. The fourth-order valence-corrected chi connectivity index (χ4v) is 2.81. The van der Waals surface area contributed by atoms with Crippen LogP contribution in [-0.4, -0.2) is 33.4 Å². The molecule has 0 radical (unpaired) electrons. The number of carboxylic acids is 1. The van der Waals surface area contributed by atoms with Crippen LogP contribution >= 0.6 is 0 Å². The molecule has 2 aromatic rings. The van der Waals surface area contributed by atoms with Crippen molar-refractivity contribution in [3.63, 3.8) is 0 Å². The number of rotatable bonds is 6. The lowest BCUT2D eigenvalue weighted by atomic mass is 10.2. The van der Waals surface area contributed by atoms with Crippen LogP contribution in [0.1, 0.15) is 18.3 Å². The standard InChI is InChI=1S/C18H18FN5O3/c19-12-3-1-2-4-13(12)21-8-11(7-20)9-22-14-10-23-16-6-5-15(18(26)27)24(16)17(14)25/h1-4,7-8,10,15,22H,5-6,9,20H2,(H,26,27)/b11-7+,21-8?/t15-/m0/s1. The van der Waals surface area contributed by atoms with Crippen LogP contribution in [0.3, 0.4) is 0 Å². The molecule has 1 atom stereocenters. The normalized spacial score (nSPS) is 16.5. The van der Waals surface area contributed by atoms with Crippen molar-refractivity contribution in [2.45, 2.75) is 18.9 Å². The minimum atomic E-state index is -1.06. The molecule has 0 saturated heterocycles. The Kier molecular flexibility index (Phi) is 5.30. The molecule has 1 aromatic heterocycles. The molecule has 1 aliphatic rings. The highest BCUT2D eigenvalue weighted by Crippen LogP contribution is 2.23. The third kappa shape index (κ3) is 3.86. The number of hydrogen-bond acceptors (Lipinski definition) is 6. The Balaban J connectivity index is 1.75. The van der Waals surface area contributed by atoms with Crippen molar-refractivity contribution in [3.8, 4) is 0 Å². The van der Waals surface area contributed by atoms with Gasteiger partial charge in [-0.1, -0.05) is 12.1 Å². The third-order valence-corrected chi connectivity index (χ3v) is 4.23. The van der Waals surface area contributed by atoms with Gasteiger partial charge in [-0.3, -0.25) is 14.4 Å². The summed E-state index contributed by atoms with van der Waals surface area (Å²) < 4.78 is 14.8. The predicted octanol–water partition coefficient (Wildman–Crippen LogP) is 1.61. The Hall–Kier alpha value is -3.49. The Morgan fingerprint density at radius 1 is 1.48 bits per heavy atom. The van der Waals surface area contributed by atoms with Crippen molar-refractivity contribution in [3.05, 3.63) is 64.2 Å². The highest BCUT2D eigenvalue weighted by Gasteiger charge is 2.30. The van der Waals surface area contributed by atoms with Gasteiger partial charge in [0.2, 0.25) is 0 Å². The number of anilines is 1. The number of aliphatic imine (C=N–C) groups is 1. The van der Waals surface area contributed by atoms with Crippen molar-refractivity contribution in [2.75, 3.05) is 11.9 Å². The number of aliphatic carboxylic acids is 1. The summed E-state index contributed by atoms with van der Waals surface area (Å²) in [6.07, 6.45) is 4.83. The van der Waals surface area contributed by atoms with Crippen LogP contribution in [0, 0.1) is 5.82 Å². The fourth-order valence-electron chi connectivity index (χ4n) is 2.81. The van der Waals surface area contributed by atoms with Crippen LogP contribution in [0.25, 0.3) is 0 Å². The number of nitrogens with one attached hydrogen (secondary N) is 1. The monoisotopic (exact) mass is 371 g/mol. The fraction of sp³-hybridized carbons (Fsp3) is 0.222. The molecule has 0 amide bonds. The number of carboxylic acid groups (broad SMARTS) is 1. The molecule has 9 heteroatoms. The van der Waals surface area contributed by atoms with Gasteiger partial charge in [0.05, 0.1) is 11.9 Å². The maximum absolute atomic E-state index is 13.6. The van der Waals surface area contributed by atoms with E-state index in [4.69, 9.17) is 5.73 Å². The summed E-state index contributed by atoms with van der Waals surface area (Å²) >= 11 is 0. The van der Waals surface area contributed by atoms with Gasteiger partial charge >= 0.3 is 5.97 Å². The Morgan fingerprint density at radius 3 is 2.96 bits per heavy atom. The number of para-hydroxylation sites is 1. The SMILES string of the molecule is N/C=C(\C=Nc1ccccc1F)CNc1cnc2n(c1=O)[C@H](C(=O)O)CC2. The topological polar surface area (TPSA) is 123 Å². The Bertz CT molecular complexity index is 983. The second-order valence-electron chi connectivity index (χ2n) is 5.96. The predicted molar refractivity (Wildman–Crippen MR) is 98.8 cm³/mol. The summed E-state index contributed by atoms with van der Waals surface area (Å²) in [5, 5.41) is 12.1. The summed E-state index contributed by atoms with van der Waals surface area (Å²) in [7, 11) is 0. The van der Waals surface area contributed by atoms with Crippen LogP contribution in [0.4, 0.5) is 15.8 Å². The second kappa shape index (κ2) is 7.81. The van der Waals surface area contributed by atoms with Gasteiger partial charge in [0.25, 0.3) is 5.56 Å². The van der Waals surface area contributed by atoms with Crippen molar-refractivity contribution in [1.82, 2.24) is 9.55 Å². The molecule has 1 aliphatic heterocycles. The largest absolute Gasteiger partial charge is 0.480 e. The van der Waals surface area contributed by atoms with Crippen LogP contribution < -0.4 is 16.6 Å². The minimum Gasteiger partial charge on any atom is -0.480 e. The van der Waals surface area contributed by atoms with Crippen molar-refractivity contribution < 1.29 is 14.3 Å². The van der Waals surface area contributed by atoms with Gasteiger partial charge in [0, 0.05) is 31.0 Å². The van der Waals surface area contributed by atoms with Gasteiger partial charge in [-0.05, 0) is 18.6 Å². The van der Waals surface area contributed by atoms with Gasteiger partial charge in [-0.15, -0.1) is 0 Å². The molecule has 0 aliphatic carbocycles. The number of halogens is 1. The quantitative estimate of drug-likeness (QED) is 0.663. The van der Waals surface area contributed by atoms with E-state index < -0.39 is 23.4 Å². The lowest BCUT2D eigenvalue weighted by molar-refractivity contribution is -0.140. The average Bonchev–Trinajstić information content (AvgIpc) is 3.10. The highest BCUT2D eigenvalue weighted by atomic mass is 19.1. The molecular weight excluding hydrogens is 353 g/mol. The number of nitrogens with zero attached hydrogens (tertiary/aromatic N) is 3. The number of aryl methyl sites for hydroxylation is 1. The molecule has 140 valence electrons. The zero-order valence-electron chi connectivity index (χ0n) is 14.3. The van der Waals surface area contributed by atoms with Gasteiger partial charge in [-0.2, -0.15) is 0 Å². The summed E-state index contributed by atoms with van der Waals surface area (Å²) in [6, 6.07) is 5.14. The first kappa shape index (κ1) is 18.3. The zero-order chi connectivity index (χ0) is 19.4. The van der Waals surface area contributed by atoms with Gasteiger partial charge < -0.3 is 16.2 Å². The molecule has 4 N–H and O–H groups in total. The van der Waals surface area contributed by atoms with E-state index >= 15 is 0 Å². The third-order valence-electron chi connectivity index (χ3n) is 4.23. The molecule has 0 spiro atoms. The molecule has 0 saturated carbocycles. The van der Waals surface area contributed by atoms with Crippen LogP contribution in [0.5, 0.6) is 0 Å². The number of carbonyl (C=O) groups is 1. The van der Waals surface area contributed by atoms with Crippen LogP contribution in [-0.2, 0) is 11.2 Å². The van der Waals surface area contributed by atoms with E-state index in [0.29, 0.717) is 24.2 Å². The molecule has 0 unspecified atom stereocenters. The average molecular weight is 371 g/mol. The summed E-state index contributed by atoms with van der Waals surface area (Å²) in [6.45, 7) is 0.141. The van der Waals surface area contributed by atoms with Gasteiger partial charge in [0.1, 0.15) is 23.4 Å². The highest BCUT2D eigenvalue weighted by molar-refractivity contribution is 5.82. The molecule has 1 aromatic carbocycles. The molecule has 3 rings (SSSR count). The van der Waals surface area contributed by atoms with Crippen molar-refractivity contribution >= 4 is 23.6 Å². The lowest BCUT2D eigenvalue weighted by Gasteiger charge is -2.12. The minimum absolute atomic E-state index is 0.141. The lowest BCUT2D eigenvalue weighted by Crippen LogP contribution is -2.30. The van der Waals surface area contributed by atoms with Crippen molar-refractivity contribution in [2.24, 2.45) is 10.7 Å². The van der Waals surface area contributed by atoms with E-state index in [9.17, 15) is 19.1 Å². The summed E-state index contributed by atoms with van der Waals surface area (Å²) in [5.74, 6) is -1.07. The van der Waals surface area contributed by atoms with Crippen molar-refractivity contribution in [1.29, 1.82) is 0 Å². The number of aromatic nitrogens is 2. The molecule has 0 fully saturated rings. The molecule has 2 heterocycles. The smallest absolute Gasteiger partial charge is 0.326 e. The maximum Gasteiger partial charge on any atom is 0.326 e. The number of nitrogens with two attached hydrogens (primary N) is 1. The molecule has 0 bridgehead atoms. The van der Waals surface area contributed by atoms with Crippen LogP contribution in [0.2, 0.25) is 0 Å². The van der Waals surface area contributed by atoms with E-state index in [1.165, 1.54) is 35.3 Å². The number of benzene rings is 1. The van der Waals surface area contributed by atoms with E-state index in [2.05, 4.69) is 15.3 Å². The van der Waals surface area contributed by atoms with E-state index in [0.717, 1.165) is 0 Å². The van der Waals surface area contributed by atoms with E-state index in [1.54, 1.807) is 12.1 Å².